The maximum Gasteiger partial charge on any atom is 0.360 e. The Morgan fingerprint density at radius 3 is 2.65 bits per heavy atom. The van der Waals surface area contributed by atoms with Crippen LogP contribution in [0.15, 0.2) is 4.60 Å². The summed E-state index contributed by atoms with van der Waals surface area (Å²) >= 11 is 5.19. The molecule has 1 aromatic heterocycles. The number of nitrogens with one attached hydrogen (secondary N) is 1. The van der Waals surface area contributed by atoms with Gasteiger partial charge in [-0.05, 0) is 70.3 Å². The van der Waals surface area contributed by atoms with Gasteiger partial charge >= 0.3 is 5.97 Å². The minimum absolute atomic E-state index is 0.156. The zero-order valence-electron chi connectivity index (χ0n) is 19.5. The highest BCUT2D eigenvalue weighted by molar-refractivity contribution is 9.10. The first-order chi connectivity index (χ1) is 14.6. The SMILES string of the molecule is CCOC(=O)c1nc(Br)c(C)nc1N1CCC2(CC1)CO[C@@H](C)[C@H]2CNSC(C)(C)C. The molecule has 3 heterocycles. The van der Waals surface area contributed by atoms with Crippen molar-refractivity contribution in [2.24, 2.45) is 11.3 Å². The molecular formula is C22H35BrN4O3S. The molecule has 2 aliphatic heterocycles. The van der Waals surface area contributed by atoms with E-state index in [9.17, 15) is 4.79 Å². The molecule has 0 bridgehead atoms. The molecule has 7 nitrogen and oxygen atoms in total. The first kappa shape index (κ1) is 24.7. The van der Waals surface area contributed by atoms with Gasteiger partial charge in [-0.3, -0.25) is 4.72 Å². The van der Waals surface area contributed by atoms with E-state index < -0.39 is 5.97 Å². The quantitative estimate of drug-likeness (QED) is 0.442. The van der Waals surface area contributed by atoms with Crippen LogP contribution in [0.5, 0.6) is 0 Å². The van der Waals surface area contributed by atoms with Crippen molar-refractivity contribution in [3.63, 3.8) is 0 Å². The van der Waals surface area contributed by atoms with E-state index in [1.807, 2.05) is 6.92 Å². The van der Waals surface area contributed by atoms with Gasteiger partial charge < -0.3 is 14.4 Å². The van der Waals surface area contributed by atoms with Gasteiger partial charge in [0.15, 0.2) is 11.5 Å². The first-order valence-corrected chi connectivity index (χ1v) is 12.7. The number of anilines is 1. The molecule has 0 saturated carbocycles. The van der Waals surface area contributed by atoms with E-state index in [0.717, 1.165) is 44.8 Å². The number of hydrogen-bond donors (Lipinski definition) is 1. The number of nitrogens with zero attached hydrogens (tertiary/aromatic N) is 3. The van der Waals surface area contributed by atoms with Crippen LogP contribution in [0.4, 0.5) is 5.82 Å². The Morgan fingerprint density at radius 2 is 2.03 bits per heavy atom. The molecule has 2 saturated heterocycles. The number of hydrogen-bond acceptors (Lipinski definition) is 8. The average Bonchev–Trinajstić information content (AvgIpc) is 2.99. The van der Waals surface area contributed by atoms with Gasteiger partial charge in [-0.1, -0.05) is 11.9 Å². The molecule has 0 aliphatic carbocycles. The normalized spacial score (nSPS) is 23.4. The van der Waals surface area contributed by atoms with Crippen molar-refractivity contribution < 1.29 is 14.3 Å². The molecule has 1 spiro atoms. The fourth-order valence-electron chi connectivity index (χ4n) is 4.47. The predicted octanol–water partition coefficient (Wildman–Crippen LogP) is 4.38. The molecule has 9 heteroatoms. The molecule has 2 atom stereocenters. The van der Waals surface area contributed by atoms with Crippen molar-refractivity contribution in [1.29, 1.82) is 0 Å². The van der Waals surface area contributed by atoms with Crippen molar-refractivity contribution >= 4 is 39.7 Å². The molecule has 0 amide bonds. The zero-order valence-corrected chi connectivity index (χ0v) is 21.9. The van der Waals surface area contributed by atoms with Crippen LogP contribution in [-0.4, -0.2) is 59.6 Å². The molecule has 1 N–H and O–H groups in total. The Bertz CT molecular complexity index is 794. The maximum absolute atomic E-state index is 12.5. The van der Waals surface area contributed by atoms with Crippen LogP contribution in [-0.2, 0) is 9.47 Å². The molecule has 31 heavy (non-hydrogen) atoms. The zero-order chi connectivity index (χ0) is 22.8. The van der Waals surface area contributed by atoms with Crippen LogP contribution in [0.1, 0.15) is 63.6 Å². The third-order valence-corrected chi connectivity index (χ3v) is 7.86. The molecule has 2 fully saturated rings. The second-order valence-corrected chi connectivity index (χ2v) is 12.0. The second kappa shape index (κ2) is 9.93. The Labute approximate surface area is 198 Å². The van der Waals surface area contributed by atoms with Gasteiger partial charge in [0.25, 0.3) is 0 Å². The first-order valence-electron chi connectivity index (χ1n) is 11.0. The summed E-state index contributed by atoms with van der Waals surface area (Å²) in [4.78, 5) is 23.8. The lowest BCUT2D eigenvalue weighted by molar-refractivity contribution is 0.0519. The summed E-state index contributed by atoms with van der Waals surface area (Å²) in [6.07, 6.45) is 2.25. The summed E-state index contributed by atoms with van der Waals surface area (Å²) in [6.45, 7) is 16.2. The van der Waals surface area contributed by atoms with Crippen molar-refractivity contribution in [2.45, 2.75) is 65.2 Å². The molecule has 3 rings (SSSR count). The van der Waals surface area contributed by atoms with Crippen LogP contribution < -0.4 is 9.62 Å². The number of aromatic nitrogens is 2. The molecular weight excluding hydrogens is 480 g/mol. The lowest BCUT2D eigenvalue weighted by Gasteiger charge is -2.43. The van der Waals surface area contributed by atoms with E-state index in [1.54, 1.807) is 18.9 Å². The van der Waals surface area contributed by atoms with Crippen molar-refractivity contribution in [2.75, 3.05) is 37.7 Å². The van der Waals surface area contributed by atoms with Crippen molar-refractivity contribution in [1.82, 2.24) is 14.7 Å². The summed E-state index contributed by atoms with van der Waals surface area (Å²) in [5, 5.41) is 0. The third-order valence-electron chi connectivity index (χ3n) is 6.19. The van der Waals surface area contributed by atoms with E-state index in [4.69, 9.17) is 14.5 Å². The smallest absolute Gasteiger partial charge is 0.360 e. The van der Waals surface area contributed by atoms with Gasteiger partial charge in [-0.25, -0.2) is 14.8 Å². The van der Waals surface area contributed by atoms with E-state index in [0.29, 0.717) is 22.9 Å². The highest BCUT2D eigenvalue weighted by atomic mass is 79.9. The Balaban J connectivity index is 1.74. The number of carbonyl (C=O) groups is 1. The van der Waals surface area contributed by atoms with Gasteiger partial charge in [0.05, 0.1) is 25.0 Å². The highest BCUT2D eigenvalue weighted by Crippen LogP contribution is 2.47. The summed E-state index contributed by atoms with van der Waals surface area (Å²) in [5.74, 6) is 0.663. The average molecular weight is 516 g/mol. The van der Waals surface area contributed by atoms with E-state index in [-0.39, 0.29) is 22.0 Å². The van der Waals surface area contributed by atoms with Crippen LogP contribution >= 0.6 is 27.9 Å². The topological polar surface area (TPSA) is 76.6 Å². The van der Waals surface area contributed by atoms with E-state index in [1.165, 1.54) is 0 Å². The fourth-order valence-corrected chi connectivity index (χ4v) is 5.43. The number of piperidine rings is 1. The molecule has 174 valence electrons. The molecule has 1 aromatic rings. The van der Waals surface area contributed by atoms with Gasteiger partial charge in [-0.2, -0.15) is 0 Å². The monoisotopic (exact) mass is 514 g/mol. The van der Waals surface area contributed by atoms with Gasteiger partial charge in [-0.15, -0.1) is 0 Å². The lowest BCUT2D eigenvalue weighted by atomic mass is 9.69. The fraction of sp³-hybridized carbons (Fsp3) is 0.773. The van der Waals surface area contributed by atoms with Gasteiger partial charge in [0.1, 0.15) is 4.60 Å². The molecule has 0 unspecified atom stereocenters. The second-order valence-electron chi connectivity index (χ2n) is 9.53. The van der Waals surface area contributed by atoms with Crippen LogP contribution in [0.25, 0.3) is 0 Å². The van der Waals surface area contributed by atoms with Crippen molar-refractivity contribution in [3.05, 3.63) is 16.0 Å². The van der Waals surface area contributed by atoms with E-state index >= 15 is 0 Å². The number of ether oxygens (including phenoxy) is 2. The highest BCUT2D eigenvalue weighted by Gasteiger charge is 2.49. The predicted molar refractivity (Wildman–Crippen MR) is 129 cm³/mol. The lowest BCUT2D eigenvalue weighted by Crippen LogP contribution is -2.47. The van der Waals surface area contributed by atoms with Crippen LogP contribution in [0.2, 0.25) is 0 Å². The van der Waals surface area contributed by atoms with Crippen LogP contribution in [0.3, 0.4) is 0 Å². The third kappa shape index (κ3) is 5.72. The number of esters is 1. The summed E-state index contributed by atoms with van der Waals surface area (Å²) in [7, 11) is 0. The maximum atomic E-state index is 12.5. The van der Waals surface area contributed by atoms with Crippen molar-refractivity contribution in [3.8, 4) is 0 Å². The molecule has 0 aromatic carbocycles. The Kier molecular flexibility index (Phi) is 7.92. The minimum Gasteiger partial charge on any atom is -0.461 e. The number of halogens is 1. The van der Waals surface area contributed by atoms with Crippen LogP contribution in [0, 0.1) is 18.3 Å². The Morgan fingerprint density at radius 1 is 1.35 bits per heavy atom. The van der Waals surface area contributed by atoms with Gasteiger partial charge in [0, 0.05) is 35.7 Å². The minimum atomic E-state index is -0.426. The number of carbonyl (C=O) groups excluding carboxylic acids is 1. The molecule has 2 aliphatic rings. The largest absolute Gasteiger partial charge is 0.461 e. The van der Waals surface area contributed by atoms with E-state index in [2.05, 4.69) is 58.2 Å². The summed E-state index contributed by atoms with van der Waals surface area (Å²) in [5.41, 5.74) is 1.21. The van der Waals surface area contributed by atoms with Gasteiger partial charge in [0.2, 0.25) is 0 Å². The Hall–Kier alpha value is -0.900. The number of aryl methyl sites for hydroxylation is 1. The summed E-state index contributed by atoms with van der Waals surface area (Å²) in [6, 6.07) is 0. The molecule has 0 radical (unpaired) electrons. The summed E-state index contributed by atoms with van der Waals surface area (Å²) < 4.78 is 15.7. The standard InChI is InChI=1S/C22H35BrN4O3S/c1-7-29-20(28)17-19(25-14(2)18(23)26-17)27-10-8-22(9-11-27)13-30-15(3)16(22)12-24-31-21(4,5)6/h15-16,24H,7-13H2,1-6H3/t15-,16+/m0/s1. The number of rotatable bonds is 6.